The fourth-order valence-electron chi connectivity index (χ4n) is 1.29. The Hall–Kier alpha value is -1.48. The number of anilines is 1. The summed E-state index contributed by atoms with van der Waals surface area (Å²) in [6.07, 6.45) is 3.93. The van der Waals surface area contributed by atoms with Crippen molar-refractivity contribution in [2.75, 3.05) is 4.72 Å². The predicted octanol–water partition coefficient (Wildman–Crippen LogP) is 1.51. The van der Waals surface area contributed by atoms with Gasteiger partial charge in [0.2, 0.25) is 5.13 Å². The van der Waals surface area contributed by atoms with Crippen LogP contribution >= 0.6 is 11.3 Å². The summed E-state index contributed by atoms with van der Waals surface area (Å²) < 4.78 is 28.1. The van der Waals surface area contributed by atoms with Crippen LogP contribution in [-0.4, -0.2) is 28.2 Å². The molecule has 0 aliphatic carbocycles. The minimum Gasteiger partial charge on any atom is -0.333 e. The van der Waals surface area contributed by atoms with E-state index in [2.05, 4.69) is 19.9 Å². The number of hydrogen-bond acceptors (Lipinski definition) is 6. The number of hydrogen-bond donors (Lipinski definition) is 1. The van der Waals surface area contributed by atoms with E-state index in [0.717, 1.165) is 17.8 Å². The highest BCUT2D eigenvalue weighted by molar-refractivity contribution is 7.92. The third-order valence-electron chi connectivity index (χ3n) is 2.53. The Morgan fingerprint density at radius 2 is 2.33 bits per heavy atom. The van der Waals surface area contributed by atoms with Crippen molar-refractivity contribution in [3.05, 3.63) is 18.0 Å². The second kappa shape index (κ2) is 5.02. The van der Waals surface area contributed by atoms with E-state index < -0.39 is 10.0 Å². The molecule has 0 radical (unpaired) electrons. The van der Waals surface area contributed by atoms with Crippen LogP contribution in [0, 0.1) is 0 Å². The molecule has 0 aromatic carbocycles. The molecule has 0 aliphatic rings. The molecule has 0 spiro atoms. The highest BCUT2D eigenvalue weighted by Gasteiger charge is 2.19. The quantitative estimate of drug-likeness (QED) is 0.900. The molecule has 0 amide bonds. The van der Waals surface area contributed by atoms with Crippen molar-refractivity contribution in [3.63, 3.8) is 0 Å². The number of nitrogens with zero attached hydrogens (tertiary/aromatic N) is 4. The average molecular weight is 287 g/mol. The molecule has 18 heavy (non-hydrogen) atoms. The van der Waals surface area contributed by atoms with E-state index in [4.69, 9.17) is 0 Å². The summed E-state index contributed by atoms with van der Waals surface area (Å²) in [7, 11) is -3.68. The Morgan fingerprint density at radius 1 is 1.56 bits per heavy atom. The van der Waals surface area contributed by atoms with Crippen molar-refractivity contribution >= 4 is 26.5 Å². The molecule has 2 heterocycles. The zero-order valence-electron chi connectivity index (χ0n) is 9.94. The molecule has 0 fully saturated rings. The van der Waals surface area contributed by atoms with E-state index >= 15 is 0 Å². The van der Waals surface area contributed by atoms with Crippen molar-refractivity contribution in [2.45, 2.75) is 31.3 Å². The first-order valence-electron chi connectivity index (χ1n) is 5.35. The Kier molecular flexibility index (Phi) is 3.62. The molecule has 0 saturated carbocycles. The third-order valence-corrected chi connectivity index (χ3v) is 4.49. The lowest BCUT2D eigenvalue weighted by Gasteiger charge is -2.08. The third kappa shape index (κ3) is 2.67. The largest absolute Gasteiger partial charge is 0.333 e. The van der Waals surface area contributed by atoms with Gasteiger partial charge in [0.05, 0.1) is 6.33 Å². The molecule has 2 aromatic rings. The first-order valence-corrected chi connectivity index (χ1v) is 7.71. The minimum absolute atomic E-state index is 0.0157. The summed E-state index contributed by atoms with van der Waals surface area (Å²) in [6, 6.07) is 0.211. The lowest BCUT2D eigenvalue weighted by atomic mass is 10.3. The van der Waals surface area contributed by atoms with Gasteiger partial charge in [-0.15, -0.1) is 10.2 Å². The first kappa shape index (κ1) is 13.0. The molecule has 2 aromatic heterocycles. The maximum absolute atomic E-state index is 12.0. The highest BCUT2D eigenvalue weighted by atomic mass is 32.2. The van der Waals surface area contributed by atoms with Gasteiger partial charge in [-0.2, -0.15) is 8.42 Å². The van der Waals surface area contributed by atoms with Gasteiger partial charge in [-0.05, 0) is 13.3 Å². The summed E-state index contributed by atoms with van der Waals surface area (Å²) in [5.41, 5.74) is 1.45. The molecule has 2 rings (SSSR count). The Balaban J connectivity index is 2.22. The molecule has 1 unspecified atom stereocenters. The molecule has 0 aliphatic heterocycles. The van der Waals surface area contributed by atoms with Crippen LogP contribution in [0.25, 0.3) is 0 Å². The van der Waals surface area contributed by atoms with Gasteiger partial charge < -0.3 is 4.57 Å². The lowest BCUT2D eigenvalue weighted by molar-refractivity contribution is 0.529. The number of rotatable bonds is 5. The second-order valence-corrected chi connectivity index (χ2v) is 6.23. The van der Waals surface area contributed by atoms with E-state index in [1.807, 2.05) is 13.8 Å². The van der Waals surface area contributed by atoms with Gasteiger partial charge in [0.1, 0.15) is 5.51 Å². The molecule has 9 heteroatoms. The standard InChI is InChI=1S/C9H13N5O2S2/c1-3-7(2)14-4-8(10-5-14)18(15,16)13-9-12-11-6-17-9/h4-7H,3H2,1-2H3,(H,12,13). The summed E-state index contributed by atoms with van der Waals surface area (Å²) in [6.45, 7) is 4.02. The van der Waals surface area contributed by atoms with E-state index in [-0.39, 0.29) is 16.2 Å². The summed E-state index contributed by atoms with van der Waals surface area (Å²) in [5, 5.41) is 7.41. The molecule has 7 nitrogen and oxygen atoms in total. The molecular weight excluding hydrogens is 274 g/mol. The lowest BCUT2D eigenvalue weighted by Crippen LogP contribution is -2.13. The minimum atomic E-state index is -3.68. The fourth-order valence-corrected chi connectivity index (χ4v) is 2.92. The molecular formula is C9H13N5O2S2. The Morgan fingerprint density at radius 3 is 2.94 bits per heavy atom. The van der Waals surface area contributed by atoms with Crippen LogP contribution in [-0.2, 0) is 10.0 Å². The zero-order valence-corrected chi connectivity index (χ0v) is 11.6. The van der Waals surface area contributed by atoms with Crippen molar-refractivity contribution in [2.24, 2.45) is 0 Å². The SMILES string of the molecule is CCC(C)n1cnc(S(=O)(=O)Nc2nncs2)c1. The van der Waals surface area contributed by atoms with Gasteiger partial charge in [-0.3, -0.25) is 4.72 Å². The van der Waals surface area contributed by atoms with Gasteiger partial charge >= 0.3 is 0 Å². The summed E-state index contributed by atoms with van der Waals surface area (Å²) >= 11 is 1.11. The Labute approximate surface area is 109 Å². The topological polar surface area (TPSA) is 89.8 Å². The first-order chi connectivity index (χ1) is 8.53. The number of nitrogens with one attached hydrogen (secondary N) is 1. The van der Waals surface area contributed by atoms with Crippen LogP contribution in [0.15, 0.2) is 23.1 Å². The van der Waals surface area contributed by atoms with Gasteiger partial charge in [-0.25, -0.2) is 4.98 Å². The second-order valence-electron chi connectivity index (χ2n) is 3.77. The molecule has 1 atom stereocenters. The van der Waals surface area contributed by atoms with Crippen LogP contribution < -0.4 is 4.72 Å². The van der Waals surface area contributed by atoms with Crippen molar-refractivity contribution in [1.29, 1.82) is 0 Å². The van der Waals surface area contributed by atoms with Gasteiger partial charge in [0.15, 0.2) is 5.03 Å². The monoisotopic (exact) mass is 287 g/mol. The van der Waals surface area contributed by atoms with E-state index in [9.17, 15) is 8.42 Å². The fraction of sp³-hybridized carbons (Fsp3) is 0.444. The molecule has 98 valence electrons. The maximum atomic E-state index is 12.0. The van der Waals surface area contributed by atoms with Crippen molar-refractivity contribution in [3.8, 4) is 0 Å². The van der Waals surface area contributed by atoms with Crippen LogP contribution in [0.3, 0.4) is 0 Å². The zero-order chi connectivity index (χ0) is 13.2. The maximum Gasteiger partial charge on any atom is 0.282 e. The number of imidazole rings is 1. The van der Waals surface area contributed by atoms with Crippen molar-refractivity contribution < 1.29 is 8.42 Å². The van der Waals surface area contributed by atoms with Crippen LogP contribution in [0.1, 0.15) is 26.3 Å². The molecule has 0 bridgehead atoms. The number of sulfonamides is 1. The Bertz CT molecular complexity index is 605. The highest BCUT2D eigenvalue weighted by Crippen LogP contribution is 2.17. The van der Waals surface area contributed by atoms with Gasteiger partial charge in [0, 0.05) is 12.2 Å². The number of aromatic nitrogens is 4. The van der Waals surface area contributed by atoms with Crippen LogP contribution in [0.2, 0.25) is 0 Å². The van der Waals surface area contributed by atoms with Crippen LogP contribution in [0.5, 0.6) is 0 Å². The predicted molar refractivity (Wildman–Crippen MR) is 67.9 cm³/mol. The van der Waals surface area contributed by atoms with E-state index in [1.54, 1.807) is 4.57 Å². The smallest absolute Gasteiger partial charge is 0.282 e. The van der Waals surface area contributed by atoms with E-state index in [0.29, 0.717) is 0 Å². The van der Waals surface area contributed by atoms with Crippen LogP contribution in [0.4, 0.5) is 5.13 Å². The summed E-state index contributed by atoms with van der Waals surface area (Å²) in [5.74, 6) is 0. The molecule has 1 N–H and O–H groups in total. The average Bonchev–Trinajstić information content (AvgIpc) is 2.97. The van der Waals surface area contributed by atoms with E-state index in [1.165, 1.54) is 18.0 Å². The normalized spacial score (nSPS) is 13.4. The van der Waals surface area contributed by atoms with Gasteiger partial charge in [0.25, 0.3) is 10.0 Å². The summed E-state index contributed by atoms with van der Waals surface area (Å²) in [4.78, 5) is 3.91. The van der Waals surface area contributed by atoms with Gasteiger partial charge in [-0.1, -0.05) is 18.3 Å². The molecule has 0 saturated heterocycles. The van der Waals surface area contributed by atoms with Crippen molar-refractivity contribution in [1.82, 2.24) is 19.7 Å².